The second-order valence-electron chi connectivity index (χ2n) is 5.38. The normalized spacial score (nSPS) is 24.9. The molecule has 1 rings (SSSR count). The molecule has 0 aromatic rings. The average Bonchev–Trinajstić information content (AvgIpc) is 2.80. The summed E-state index contributed by atoms with van der Waals surface area (Å²) in [5.74, 6) is 0. The number of nitrogens with zero attached hydrogens (tertiary/aromatic N) is 1. The number of rotatable bonds is 7. The fourth-order valence-corrected chi connectivity index (χ4v) is 2.32. The highest BCUT2D eigenvalue weighted by atomic mass is 16.5. The first-order valence-corrected chi connectivity index (χ1v) is 6.60. The fourth-order valence-electron chi connectivity index (χ4n) is 2.32. The van der Waals surface area contributed by atoms with Crippen LogP contribution in [0.5, 0.6) is 0 Å². The molecule has 0 aromatic carbocycles. The molecule has 0 saturated carbocycles. The Morgan fingerprint density at radius 3 is 2.69 bits per heavy atom. The van der Waals surface area contributed by atoms with Crippen molar-refractivity contribution in [2.24, 2.45) is 5.41 Å². The molecule has 1 fully saturated rings. The number of hydrogen-bond donors (Lipinski definition) is 1. The Morgan fingerprint density at radius 2 is 2.19 bits per heavy atom. The van der Waals surface area contributed by atoms with Crippen molar-refractivity contribution in [3.8, 4) is 0 Å². The minimum Gasteiger partial charge on any atom is -0.380 e. The third-order valence-corrected chi connectivity index (χ3v) is 3.82. The number of likely N-dealkylation sites (N-methyl/N-ethyl adjacent to an activating group) is 1. The van der Waals surface area contributed by atoms with Gasteiger partial charge < -0.3 is 15.0 Å². The van der Waals surface area contributed by atoms with Crippen molar-refractivity contribution in [2.45, 2.75) is 39.7 Å². The molecule has 1 N–H and O–H groups in total. The van der Waals surface area contributed by atoms with Gasteiger partial charge in [0.25, 0.3) is 0 Å². The van der Waals surface area contributed by atoms with E-state index in [1.54, 1.807) is 0 Å². The lowest BCUT2D eigenvalue weighted by molar-refractivity contribution is 0.119. The van der Waals surface area contributed by atoms with Crippen LogP contribution in [0, 0.1) is 5.41 Å². The van der Waals surface area contributed by atoms with E-state index in [0.717, 1.165) is 32.8 Å². The Hall–Kier alpha value is -0.120. The molecule has 0 aromatic heterocycles. The van der Waals surface area contributed by atoms with Crippen LogP contribution < -0.4 is 5.32 Å². The molecule has 96 valence electrons. The standard InChI is InChI=1S/C13H28N2O/c1-5-13(3,10-14-6-2)11-15(4)12-7-8-16-9-12/h12,14H,5-11H2,1-4H3. The van der Waals surface area contributed by atoms with Gasteiger partial charge in [0.2, 0.25) is 0 Å². The maximum absolute atomic E-state index is 5.45. The molecular weight excluding hydrogens is 200 g/mol. The van der Waals surface area contributed by atoms with Crippen LogP contribution >= 0.6 is 0 Å². The Balaban J connectivity index is 2.40. The lowest BCUT2D eigenvalue weighted by Gasteiger charge is -2.35. The zero-order chi connectivity index (χ0) is 12.0. The second-order valence-corrected chi connectivity index (χ2v) is 5.38. The van der Waals surface area contributed by atoms with E-state index in [2.05, 4.69) is 38.0 Å². The zero-order valence-electron chi connectivity index (χ0n) is 11.4. The Morgan fingerprint density at radius 1 is 1.44 bits per heavy atom. The summed E-state index contributed by atoms with van der Waals surface area (Å²) < 4.78 is 5.45. The van der Waals surface area contributed by atoms with Crippen LogP contribution in [0.1, 0.15) is 33.6 Å². The van der Waals surface area contributed by atoms with E-state index in [0.29, 0.717) is 11.5 Å². The van der Waals surface area contributed by atoms with Gasteiger partial charge in [0.15, 0.2) is 0 Å². The molecule has 1 aliphatic heterocycles. The van der Waals surface area contributed by atoms with Gasteiger partial charge in [-0.15, -0.1) is 0 Å². The van der Waals surface area contributed by atoms with E-state index >= 15 is 0 Å². The third-order valence-electron chi connectivity index (χ3n) is 3.82. The van der Waals surface area contributed by atoms with E-state index < -0.39 is 0 Å². The summed E-state index contributed by atoms with van der Waals surface area (Å²) >= 11 is 0. The Kier molecular flexibility index (Phi) is 5.73. The quantitative estimate of drug-likeness (QED) is 0.718. The average molecular weight is 228 g/mol. The van der Waals surface area contributed by atoms with Crippen molar-refractivity contribution in [1.29, 1.82) is 0 Å². The second kappa shape index (κ2) is 6.58. The zero-order valence-corrected chi connectivity index (χ0v) is 11.4. The molecule has 1 saturated heterocycles. The first kappa shape index (κ1) is 13.9. The SMILES string of the molecule is CCNCC(C)(CC)CN(C)C1CCOC1. The van der Waals surface area contributed by atoms with Crippen LogP contribution in [0.25, 0.3) is 0 Å². The molecule has 0 aliphatic carbocycles. The first-order valence-electron chi connectivity index (χ1n) is 6.60. The highest BCUT2D eigenvalue weighted by Crippen LogP contribution is 2.23. The summed E-state index contributed by atoms with van der Waals surface area (Å²) in [4.78, 5) is 2.48. The van der Waals surface area contributed by atoms with Gasteiger partial charge in [-0.05, 0) is 31.8 Å². The van der Waals surface area contributed by atoms with Crippen molar-refractivity contribution in [3.05, 3.63) is 0 Å². The lowest BCUT2D eigenvalue weighted by Crippen LogP contribution is -2.44. The molecule has 16 heavy (non-hydrogen) atoms. The maximum atomic E-state index is 5.45. The van der Waals surface area contributed by atoms with Crippen LogP contribution in [0.3, 0.4) is 0 Å². The molecule has 0 spiro atoms. The van der Waals surface area contributed by atoms with E-state index in [-0.39, 0.29) is 0 Å². The highest BCUT2D eigenvalue weighted by molar-refractivity contribution is 4.82. The number of nitrogens with one attached hydrogen (secondary N) is 1. The van der Waals surface area contributed by atoms with Crippen molar-refractivity contribution >= 4 is 0 Å². The predicted molar refractivity (Wildman–Crippen MR) is 68.8 cm³/mol. The van der Waals surface area contributed by atoms with Gasteiger partial charge in [-0.25, -0.2) is 0 Å². The van der Waals surface area contributed by atoms with Crippen molar-refractivity contribution in [1.82, 2.24) is 10.2 Å². The molecule has 1 aliphatic rings. The summed E-state index contributed by atoms with van der Waals surface area (Å²) in [6, 6.07) is 0.632. The van der Waals surface area contributed by atoms with Crippen LogP contribution in [0.4, 0.5) is 0 Å². The highest BCUT2D eigenvalue weighted by Gasteiger charge is 2.28. The molecule has 0 radical (unpaired) electrons. The molecule has 3 nitrogen and oxygen atoms in total. The van der Waals surface area contributed by atoms with Crippen LogP contribution in [0.15, 0.2) is 0 Å². The predicted octanol–water partition coefficient (Wildman–Crippen LogP) is 1.73. The molecule has 2 unspecified atom stereocenters. The van der Waals surface area contributed by atoms with Crippen molar-refractivity contribution < 1.29 is 4.74 Å². The molecule has 0 bridgehead atoms. The van der Waals surface area contributed by atoms with Gasteiger partial charge in [0, 0.05) is 25.7 Å². The minimum absolute atomic E-state index is 0.382. The Bertz CT molecular complexity index is 192. The number of ether oxygens (including phenoxy) is 1. The van der Waals surface area contributed by atoms with Gasteiger partial charge >= 0.3 is 0 Å². The van der Waals surface area contributed by atoms with Crippen LogP contribution in [-0.2, 0) is 4.74 Å². The minimum atomic E-state index is 0.382. The third kappa shape index (κ3) is 4.04. The van der Waals surface area contributed by atoms with Gasteiger partial charge in [-0.3, -0.25) is 0 Å². The van der Waals surface area contributed by atoms with Crippen LogP contribution in [0.2, 0.25) is 0 Å². The summed E-state index contributed by atoms with van der Waals surface area (Å²) in [6.45, 7) is 12.0. The maximum Gasteiger partial charge on any atom is 0.0622 e. The van der Waals surface area contributed by atoms with Crippen molar-refractivity contribution in [2.75, 3.05) is 39.9 Å². The topological polar surface area (TPSA) is 24.5 Å². The molecule has 2 atom stereocenters. The van der Waals surface area contributed by atoms with E-state index in [1.807, 2.05) is 0 Å². The summed E-state index contributed by atoms with van der Waals surface area (Å²) in [7, 11) is 2.24. The van der Waals surface area contributed by atoms with Gasteiger partial charge in [-0.1, -0.05) is 20.8 Å². The van der Waals surface area contributed by atoms with E-state index in [1.165, 1.54) is 12.8 Å². The molecule has 0 amide bonds. The lowest BCUT2D eigenvalue weighted by atomic mass is 9.86. The largest absolute Gasteiger partial charge is 0.380 e. The van der Waals surface area contributed by atoms with Gasteiger partial charge in [-0.2, -0.15) is 0 Å². The van der Waals surface area contributed by atoms with Gasteiger partial charge in [0.1, 0.15) is 0 Å². The smallest absolute Gasteiger partial charge is 0.0622 e. The van der Waals surface area contributed by atoms with E-state index in [4.69, 9.17) is 4.74 Å². The summed E-state index contributed by atoms with van der Waals surface area (Å²) in [6.07, 6.45) is 2.41. The molecule has 3 heteroatoms. The van der Waals surface area contributed by atoms with Gasteiger partial charge in [0.05, 0.1) is 6.61 Å². The molecular formula is C13H28N2O. The monoisotopic (exact) mass is 228 g/mol. The van der Waals surface area contributed by atoms with Crippen molar-refractivity contribution in [3.63, 3.8) is 0 Å². The number of hydrogen-bond acceptors (Lipinski definition) is 3. The summed E-state index contributed by atoms with van der Waals surface area (Å²) in [5.41, 5.74) is 0.382. The Labute approximate surface area is 101 Å². The fraction of sp³-hybridized carbons (Fsp3) is 1.00. The molecule has 1 heterocycles. The first-order chi connectivity index (χ1) is 7.61. The van der Waals surface area contributed by atoms with Crippen LogP contribution in [-0.4, -0.2) is 50.8 Å². The van der Waals surface area contributed by atoms with E-state index in [9.17, 15) is 0 Å². The summed E-state index contributed by atoms with van der Waals surface area (Å²) in [5, 5.41) is 3.48.